The molecule has 0 radical (unpaired) electrons. The third kappa shape index (κ3) is 20.2. The van der Waals surface area contributed by atoms with Gasteiger partial charge in [0.2, 0.25) is 0 Å². The van der Waals surface area contributed by atoms with Crippen molar-refractivity contribution in [2.24, 2.45) is 34.0 Å². The van der Waals surface area contributed by atoms with Gasteiger partial charge in [0, 0.05) is 70.0 Å². The lowest BCUT2D eigenvalue weighted by Crippen LogP contribution is -2.40. The quantitative estimate of drug-likeness (QED) is 0.118. The zero-order valence-electron chi connectivity index (χ0n) is 44.6. The van der Waals surface area contributed by atoms with E-state index in [1.54, 1.807) is 0 Å². The summed E-state index contributed by atoms with van der Waals surface area (Å²) in [6, 6.07) is 25.2. The number of carbonyl (C=O) groups excluding carboxylic acids is 3. The van der Waals surface area contributed by atoms with Gasteiger partial charge >= 0.3 is 0 Å². The van der Waals surface area contributed by atoms with Crippen LogP contribution in [0.4, 0.5) is 0 Å². The number of benzene rings is 3. The molecule has 0 aliphatic heterocycles. The number of halogens is 3. The van der Waals surface area contributed by atoms with Crippen LogP contribution >= 0.6 is 39.1 Å². The maximum Gasteiger partial charge on any atom is 0.144 e. The molecule has 0 saturated heterocycles. The summed E-state index contributed by atoms with van der Waals surface area (Å²) in [5, 5.41) is 12.4. The molecule has 6 nitrogen and oxygen atoms in total. The van der Waals surface area contributed by atoms with Crippen molar-refractivity contribution in [3.05, 3.63) is 104 Å². The van der Waals surface area contributed by atoms with E-state index in [9.17, 15) is 14.4 Å². The number of Topliss-reactive ketones (excluding diaryl/α,β-unsaturated/α-hetero) is 3. The number of carbonyl (C=O) groups is 3. The summed E-state index contributed by atoms with van der Waals surface area (Å²) in [5.41, 5.74) is 4.56. The van der Waals surface area contributed by atoms with Gasteiger partial charge in [-0.3, -0.25) is 14.4 Å². The lowest BCUT2D eigenvalue weighted by Gasteiger charge is -2.36. The van der Waals surface area contributed by atoms with E-state index in [-0.39, 0.29) is 35.5 Å². The van der Waals surface area contributed by atoms with Crippen molar-refractivity contribution in [2.75, 3.05) is 19.6 Å². The van der Waals surface area contributed by atoms with Crippen LogP contribution in [0.15, 0.2) is 77.3 Å². The second kappa shape index (κ2) is 27.6. The molecule has 3 N–H and O–H groups in total. The van der Waals surface area contributed by atoms with Crippen LogP contribution in [0.5, 0.6) is 0 Å². The molecule has 3 aromatic rings. The van der Waals surface area contributed by atoms with Crippen molar-refractivity contribution in [3.63, 3.8) is 0 Å². The second-order valence-electron chi connectivity index (χ2n) is 24.1. The Bertz CT molecular complexity index is 1920. The topological polar surface area (TPSA) is 87.3 Å². The Morgan fingerprint density at radius 1 is 0.478 bits per heavy atom. The first-order valence-electron chi connectivity index (χ1n) is 26.4. The van der Waals surface area contributed by atoms with E-state index in [0.717, 1.165) is 40.8 Å². The molecule has 0 bridgehead atoms. The molecule has 3 aliphatic carbocycles. The van der Waals surface area contributed by atoms with E-state index in [0.29, 0.717) is 61.8 Å². The fraction of sp³-hybridized carbons (Fsp3) is 0.650. The minimum Gasteiger partial charge on any atom is -0.313 e. The van der Waals surface area contributed by atoms with Crippen molar-refractivity contribution in [1.29, 1.82) is 0 Å². The molecule has 0 spiro atoms. The molecule has 69 heavy (non-hydrogen) atoms. The molecule has 3 fully saturated rings. The van der Waals surface area contributed by atoms with E-state index in [1.807, 2.05) is 102 Å². The van der Waals surface area contributed by atoms with Gasteiger partial charge in [0.1, 0.15) is 17.3 Å². The lowest BCUT2D eigenvalue weighted by atomic mass is 9.75. The highest BCUT2D eigenvalue weighted by Crippen LogP contribution is 2.38. The summed E-state index contributed by atoms with van der Waals surface area (Å²) in [4.78, 5) is 38.0. The Morgan fingerprint density at radius 3 is 1.09 bits per heavy atom. The van der Waals surface area contributed by atoms with Crippen LogP contribution < -0.4 is 16.0 Å². The minimum atomic E-state index is -0.0858. The monoisotopic (exact) mass is 1050 g/mol. The summed E-state index contributed by atoms with van der Waals surface area (Å²) < 4.78 is 1.05. The Balaban J connectivity index is 0.000000225. The van der Waals surface area contributed by atoms with Crippen molar-refractivity contribution in [3.8, 4) is 0 Å². The third-order valence-corrected chi connectivity index (χ3v) is 16.2. The predicted molar refractivity (Wildman–Crippen MR) is 297 cm³/mol. The molecule has 2 unspecified atom stereocenters. The van der Waals surface area contributed by atoms with Gasteiger partial charge in [-0.2, -0.15) is 0 Å². The van der Waals surface area contributed by atoms with E-state index >= 15 is 0 Å². The third-order valence-electron chi connectivity index (χ3n) is 15.1. The van der Waals surface area contributed by atoms with Gasteiger partial charge in [0.05, 0.1) is 17.8 Å². The van der Waals surface area contributed by atoms with E-state index in [1.165, 1.54) is 77.0 Å². The average molecular weight is 1050 g/mol. The largest absolute Gasteiger partial charge is 0.313 e. The second-order valence-corrected chi connectivity index (χ2v) is 25.9. The Morgan fingerprint density at radius 2 is 0.783 bits per heavy atom. The van der Waals surface area contributed by atoms with Crippen molar-refractivity contribution >= 4 is 56.5 Å². The van der Waals surface area contributed by atoms with E-state index in [2.05, 4.69) is 85.6 Å². The molecule has 3 saturated carbocycles. The molecule has 5 atom stereocenters. The highest BCUT2D eigenvalue weighted by molar-refractivity contribution is 9.10. The maximum absolute atomic E-state index is 12.7. The molecule has 0 amide bonds. The Labute approximate surface area is 437 Å². The maximum atomic E-state index is 12.7. The molecule has 9 heteroatoms. The van der Waals surface area contributed by atoms with Crippen molar-refractivity contribution in [1.82, 2.24) is 16.0 Å². The summed E-state index contributed by atoms with van der Waals surface area (Å²) >= 11 is 15.4. The normalized spacial score (nSPS) is 21.3. The molecule has 6 rings (SSSR count). The smallest absolute Gasteiger partial charge is 0.144 e. The van der Waals surface area contributed by atoms with Crippen LogP contribution in [-0.4, -0.2) is 55.1 Å². The highest BCUT2D eigenvalue weighted by atomic mass is 79.9. The molecular weight excluding hydrogens is 961 g/mol. The first kappa shape index (κ1) is 59.2. The minimum absolute atomic E-state index is 0.0419. The van der Waals surface area contributed by atoms with Gasteiger partial charge in [0.25, 0.3) is 0 Å². The van der Waals surface area contributed by atoms with Gasteiger partial charge in [-0.1, -0.05) is 171 Å². The number of nitrogens with one attached hydrogen (secondary N) is 3. The van der Waals surface area contributed by atoms with Gasteiger partial charge in [-0.15, -0.1) is 0 Å². The first-order valence-corrected chi connectivity index (χ1v) is 28.0. The van der Waals surface area contributed by atoms with Crippen LogP contribution in [0.25, 0.3) is 0 Å². The van der Waals surface area contributed by atoms with E-state index in [4.69, 9.17) is 23.2 Å². The zero-order chi connectivity index (χ0) is 51.1. The number of hydrogen-bond donors (Lipinski definition) is 3. The lowest BCUT2D eigenvalue weighted by molar-refractivity contribution is -0.124. The summed E-state index contributed by atoms with van der Waals surface area (Å²) in [6.07, 6.45) is 14.9. The highest BCUT2D eigenvalue weighted by Gasteiger charge is 2.32. The van der Waals surface area contributed by atoms with E-state index < -0.39 is 0 Å². The average Bonchev–Trinajstić information content (AvgIpc) is 3.28. The molecule has 0 aromatic heterocycles. The Kier molecular flexibility index (Phi) is 23.7. The Hall–Kier alpha value is -2.39. The SMILES string of the molecule is CC(C)C(=O)[C@H](CNC1CCC(C)(C)CC1)c1ccc(Cl)cc1.CC(C)C(=O)[C@H](CNC1CCCC(C)(C)C1)c1ccc(Br)cc1.CC(C)C(=O)[C@H](CNC1CCCC(C)(C)C1)c1ccc(Cl)cc1. The van der Waals surface area contributed by atoms with Crippen LogP contribution in [0, 0.1) is 34.0 Å². The van der Waals surface area contributed by atoms with Crippen molar-refractivity contribution in [2.45, 2.75) is 196 Å². The molecule has 3 aromatic carbocycles. The zero-order valence-corrected chi connectivity index (χ0v) is 47.7. The van der Waals surface area contributed by atoms with Crippen LogP contribution in [0.1, 0.15) is 195 Å². The fourth-order valence-electron chi connectivity index (χ4n) is 10.6. The van der Waals surface area contributed by atoms with Crippen LogP contribution in [0.2, 0.25) is 10.0 Å². The molecule has 384 valence electrons. The number of hydrogen-bond acceptors (Lipinski definition) is 6. The standard InChI is InChI=1S/C20H30BrNO.2C20H30ClNO/c1-14(2)19(23)18(15-7-9-16(21)10-8-15)13-22-17-6-5-11-20(3,4)12-17;1-14(2)19(23)18(15-5-7-16(21)8-6-15)13-22-17-9-11-20(3,4)12-10-17;1-14(2)19(23)18(15-7-9-16(21)10-8-15)13-22-17-6-5-11-20(3,4)12-17/h7-10,14,17-18,22H,5-6,11-13H2,1-4H3;5-8,14,17-18,22H,9-13H2,1-4H3;7-10,14,17-18,22H,5-6,11-13H2,1-4H3/t17?,18-;18-;17?,18-/m111/s1. The summed E-state index contributed by atoms with van der Waals surface area (Å²) in [6.45, 7) is 28.2. The predicted octanol–water partition coefficient (Wildman–Crippen LogP) is 15.7. The fourth-order valence-corrected chi connectivity index (χ4v) is 11.2. The van der Waals surface area contributed by atoms with Gasteiger partial charge in [0.15, 0.2) is 0 Å². The molecule has 3 aliphatic rings. The molecule has 0 heterocycles. The number of rotatable bonds is 18. The van der Waals surface area contributed by atoms with Gasteiger partial charge < -0.3 is 16.0 Å². The van der Waals surface area contributed by atoms with Gasteiger partial charge in [-0.25, -0.2) is 0 Å². The van der Waals surface area contributed by atoms with Crippen molar-refractivity contribution < 1.29 is 14.4 Å². The summed E-state index contributed by atoms with van der Waals surface area (Å²) in [5.74, 6) is 0.865. The van der Waals surface area contributed by atoms with Crippen LogP contribution in [-0.2, 0) is 14.4 Å². The van der Waals surface area contributed by atoms with Gasteiger partial charge in [-0.05, 0) is 134 Å². The molecular formula is C60H90BrCl2N3O3. The summed E-state index contributed by atoms with van der Waals surface area (Å²) in [7, 11) is 0. The first-order chi connectivity index (χ1) is 32.3. The van der Waals surface area contributed by atoms with Crippen LogP contribution in [0.3, 0.4) is 0 Å². The number of ketones is 3.